The van der Waals surface area contributed by atoms with Crippen molar-refractivity contribution in [1.29, 1.82) is 5.26 Å². The van der Waals surface area contributed by atoms with E-state index in [0.717, 1.165) is 5.39 Å². The Balaban J connectivity index is 2.10. The lowest BCUT2D eigenvalue weighted by Crippen LogP contribution is -2.27. The number of nitrogens with two attached hydrogens (primary N) is 1. The lowest BCUT2D eigenvalue weighted by Gasteiger charge is -2.26. The average Bonchev–Trinajstić information content (AvgIpc) is 2.60. The minimum Gasteiger partial charge on any atom is -0.439 e. The highest BCUT2D eigenvalue weighted by Gasteiger charge is 2.34. The Morgan fingerprint density at radius 2 is 2.00 bits per heavy atom. The number of rotatable bonds is 1. The van der Waals surface area contributed by atoms with Gasteiger partial charge in [0.1, 0.15) is 17.4 Å². The Labute approximate surface area is 147 Å². The van der Waals surface area contributed by atoms with Crippen LogP contribution in [0.3, 0.4) is 0 Å². The van der Waals surface area contributed by atoms with Crippen molar-refractivity contribution in [2.45, 2.75) is 5.92 Å². The fourth-order valence-corrected chi connectivity index (χ4v) is 3.39. The molecule has 0 amide bonds. The summed E-state index contributed by atoms with van der Waals surface area (Å²) in [5.41, 5.74) is 7.57. The first-order valence-electron chi connectivity index (χ1n) is 7.58. The minimum absolute atomic E-state index is 0.00396. The number of hydrogen-bond donors (Lipinski definition) is 2. The van der Waals surface area contributed by atoms with Gasteiger partial charge >= 0.3 is 0 Å². The normalized spacial score (nSPS) is 16.2. The van der Waals surface area contributed by atoms with E-state index in [-0.39, 0.29) is 17.0 Å². The summed E-state index contributed by atoms with van der Waals surface area (Å²) in [6.07, 6.45) is 0. The molecule has 0 aliphatic carbocycles. The Morgan fingerprint density at radius 3 is 2.76 bits per heavy atom. The number of nitriles is 1. The summed E-state index contributed by atoms with van der Waals surface area (Å²) in [5, 5.41) is 10.8. The van der Waals surface area contributed by atoms with Gasteiger partial charge in [0.25, 0.3) is 5.56 Å². The number of benzene rings is 2. The molecule has 0 radical (unpaired) electrons. The molecule has 1 atom stereocenters. The molecule has 0 bridgehead atoms. The number of aromatic amines is 1. The van der Waals surface area contributed by atoms with Gasteiger partial charge in [0.05, 0.1) is 17.0 Å². The van der Waals surface area contributed by atoms with Crippen LogP contribution in [0, 0.1) is 11.3 Å². The molecular formula is C19H12ClN3O2. The van der Waals surface area contributed by atoms with E-state index in [2.05, 4.69) is 11.1 Å². The van der Waals surface area contributed by atoms with Gasteiger partial charge in [0, 0.05) is 10.4 Å². The van der Waals surface area contributed by atoms with E-state index in [9.17, 15) is 10.1 Å². The summed E-state index contributed by atoms with van der Waals surface area (Å²) < 4.78 is 5.69. The maximum atomic E-state index is 12.8. The van der Waals surface area contributed by atoms with Gasteiger partial charge in [-0.2, -0.15) is 5.26 Å². The van der Waals surface area contributed by atoms with Crippen LogP contribution in [0.1, 0.15) is 17.0 Å². The number of nitrogens with zero attached hydrogens (tertiary/aromatic N) is 1. The molecule has 3 N–H and O–H groups in total. The topological polar surface area (TPSA) is 91.9 Å². The zero-order valence-corrected chi connectivity index (χ0v) is 13.7. The number of para-hydroxylation sites is 1. The van der Waals surface area contributed by atoms with Gasteiger partial charge < -0.3 is 15.5 Å². The van der Waals surface area contributed by atoms with Crippen LogP contribution in [0.15, 0.2) is 64.8 Å². The van der Waals surface area contributed by atoms with Crippen molar-refractivity contribution in [3.63, 3.8) is 0 Å². The number of aromatic nitrogens is 1. The van der Waals surface area contributed by atoms with Gasteiger partial charge in [-0.1, -0.05) is 35.9 Å². The van der Waals surface area contributed by atoms with Gasteiger partial charge in [0.15, 0.2) is 0 Å². The molecule has 4 rings (SSSR count). The second kappa shape index (κ2) is 5.69. The van der Waals surface area contributed by atoms with E-state index < -0.39 is 5.92 Å². The second-order valence-corrected chi connectivity index (χ2v) is 6.16. The minimum atomic E-state index is -0.638. The Kier molecular flexibility index (Phi) is 3.48. The fraction of sp³-hybridized carbons (Fsp3) is 0.0526. The van der Waals surface area contributed by atoms with E-state index >= 15 is 0 Å². The van der Waals surface area contributed by atoms with E-state index in [0.29, 0.717) is 27.4 Å². The largest absolute Gasteiger partial charge is 0.439 e. The van der Waals surface area contributed by atoms with Gasteiger partial charge in [0.2, 0.25) is 5.88 Å². The first-order chi connectivity index (χ1) is 12.1. The van der Waals surface area contributed by atoms with Gasteiger partial charge in [-0.05, 0) is 29.8 Å². The Bertz CT molecular complexity index is 1140. The number of allylic oxidation sites excluding steroid dienone is 1. The Hall–Kier alpha value is -3.23. The number of H-pyrrole nitrogens is 1. The van der Waals surface area contributed by atoms with Crippen LogP contribution in [0.5, 0.6) is 5.75 Å². The molecule has 0 spiro atoms. The van der Waals surface area contributed by atoms with E-state index in [1.807, 2.05) is 24.3 Å². The monoisotopic (exact) mass is 349 g/mol. The summed E-state index contributed by atoms with van der Waals surface area (Å²) >= 11 is 6.11. The fourth-order valence-electron chi connectivity index (χ4n) is 3.19. The summed E-state index contributed by atoms with van der Waals surface area (Å²) in [4.78, 5) is 15.6. The molecule has 0 saturated heterocycles. The van der Waals surface area contributed by atoms with Gasteiger partial charge in [-0.3, -0.25) is 4.79 Å². The van der Waals surface area contributed by atoms with Crippen molar-refractivity contribution in [2.75, 3.05) is 0 Å². The van der Waals surface area contributed by atoms with Crippen molar-refractivity contribution >= 4 is 22.5 Å². The van der Waals surface area contributed by atoms with Crippen molar-refractivity contribution in [3.8, 4) is 11.8 Å². The number of halogens is 1. The third kappa shape index (κ3) is 2.35. The molecule has 0 saturated carbocycles. The standard InChI is InChI=1S/C19H12ClN3O2/c20-11-5-3-4-10(8-11)15-13(9-21)18(22)25-17-12-6-1-2-7-14(12)23-19(24)16(15)17/h1-8,15H,22H2,(H,23,24)/t15-/m0/s1. The van der Waals surface area contributed by atoms with Crippen LogP contribution in [0.4, 0.5) is 0 Å². The molecular weight excluding hydrogens is 338 g/mol. The van der Waals surface area contributed by atoms with Crippen LogP contribution < -0.4 is 16.0 Å². The molecule has 0 fully saturated rings. The van der Waals surface area contributed by atoms with Crippen molar-refractivity contribution in [1.82, 2.24) is 4.98 Å². The molecule has 1 aromatic heterocycles. The van der Waals surface area contributed by atoms with Crippen LogP contribution in [-0.4, -0.2) is 4.98 Å². The number of nitrogens with one attached hydrogen (secondary N) is 1. The van der Waals surface area contributed by atoms with Crippen LogP contribution >= 0.6 is 11.6 Å². The number of ether oxygens (including phenoxy) is 1. The molecule has 1 aliphatic heterocycles. The smallest absolute Gasteiger partial charge is 0.256 e. The van der Waals surface area contributed by atoms with E-state index in [4.69, 9.17) is 22.1 Å². The number of pyridine rings is 1. The molecule has 25 heavy (non-hydrogen) atoms. The Morgan fingerprint density at radius 1 is 1.20 bits per heavy atom. The van der Waals surface area contributed by atoms with Crippen molar-refractivity contribution < 1.29 is 4.74 Å². The third-order valence-corrected chi connectivity index (χ3v) is 4.50. The summed E-state index contributed by atoms with van der Waals surface area (Å²) in [5.74, 6) is -0.266. The molecule has 0 unspecified atom stereocenters. The SMILES string of the molecule is N#CC1=C(N)Oc2c(c(=O)[nH]c3ccccc23)[C@H]1c1cccc(Cl)c1. The van der Waals surface area contributed by atoms with Gasteiger partial charge in [-0.25, -0.2) is 0 Å². The predicted octanol–water partition coefficient (Wildman–Crippen LogP) is 3.40. The first-order valence-corrected chi connectivity index (χ1v) is 7.96. The molecule has 122 valence electrons. The maximum absolute atomic E-state index is 12.8. The zero-order chi connectivity index (χ0) is 17.6. The molecule has 5 nitrogen and oxygen atoms in total. The molecule has 6 heteroatoms. The lowest BCUT2D eigenvalue weighted by molar-refractivity contribution is 0.397. The summed E-state index contributed by atoms with van der Waals surface area (Å²) in [6.45, 7) is 0. The molecule has 2 aromatic carbocycles. The molecule has 2 heterocycles. The average molecular weight is 350 g/mol. The van der Waals surface area contributed by atoms with E-state index in [1.165, 1.54) is 0 Å². The first kappa shape index (κ1) is 15.3. The summed E-state index contributed by atoms with van der Waals surface area (Å²) in [7, 11) is 0. The second-order valence-electron chi connectivity index (χ2n) is 5.72. The highest BCUT2D eigenvalue weighted by atomic mass is 35.5. The van der Waals surface area contributed by atoms with E-state index in [1.54, 1.807) is 24.3 Å². The van der Waals surface area contributed by atoms with Crippen molar-refractivity contribution in [3.05, 3.63) is 86.5 Å². The van der Waals surface area contributed by atoms with Crippen LogP contribution in [0.25, 0.3) is 10.9 Å². The highest BCUT2D eigenvalue weighted by molar-refractivity contribution is 6.30. The lowest BCUT2D eigenvalue weighted by atomic mass is 9.83. The van der Waals surface area contributed by atoms with Crippen LogP contribution in [0.2, 0.25) is 5.02 Å². The quantitative estimate of drug-likeness (QED) is 0.704. The molecule has 1 aliphatic rings. The number of hydrogen-bond acceptors (Lipinski definition) is 4. The van der Waals surface area contributed by atoms with Crippen molar-refractivity contribution in [2.24, 2.45) is 5.73 Å². The predicted molar refractivity (Wildman–Crippen MR) is 95.3 cm³/mol. The zero-order valence-electron chi connectivity index (χ0n) is 12.9. The van der Waals surface area contributed by atoms with Crippen LogP contribution in [-0.2, 0) is 0 Å². The third-order valence-electron chi connectivity index (χ3n) is 4.27. The maximum Gasteiger partial charge on any atom is 0.256 e. The van der Waals surface area contributed by atoms with Gasteiger partial charge in [-0.15, -0.1) is 0 Å². The highest BCUT2D eigenvalue weighted by Crippen LogP contribution is 2.43. The molecule has 3 aromatic rings. The number of fused-ring (bicyclic) bond motifs is 3. The summed E-state index contributed by atoms with van der Waals surface area (Å²) in [6, 6.07) is 16.4.